The third-order valence-corrected chi connectivity index (χ3v) is 9.09. The third kappa shape index (κ3) is 10.4. The maximum absolute atomic E-state index is 13.5. The largest absolute Gasteiger partial charge is 0.456 e. The van der Waals surface area contributed by atoms with E-state index in [1.165, 1.54) is 0 Å². The molecule has 274 valence electrons. The Morgan fingerprint density at radius 1 is 1.00 bits per heavy atom. The quantitative estimate of drug-likeness (QED) is 0.0972. The van der Waals surface area contributed by atoms with Crippen LogP contribution in [0.15, 0.2) is 42.0 Å². The van der Waals surface area contributed by atoms with Gasteiger partial charge in [-0.2, -0.15) is 0 Å². The highest BCUT2D eigenvalue weighted by Crippen LogP contribution is 2.43. The lowest BCUT2D eigenvalue weighted by Crippen LogP contribution is -2.59. The summed E-state index contributed by atoms with van der Waals surface area (Å²) in [5.41, 5.74) is 1.35. The van der Waals surface area contributed by atoms with Crippen LogP contribution in [0.4, 0.5) is 0 Å². The third-order valence-electron chi connectivity index (χ3n) is 9.09. The molecule has 6 N–H and O–H groups in total. The minimum absolute atomic E-state index is 0.0361. The summed E-state index contributed by atoms with van der Waals surface area (Å²) in [6.45, 7) is 3.57. The summed E-state index contributed by atoms with van der Waals surface area (Å²) in [7, 11) is 0. The lowest BCUT2D eigenvalue weighted by Gasteiger charge is -2.39. The summed E-state index contributed by atoms with van der Waals surface area (Å²) < 4.78 is 30.2. The van der Waals surface area contributed by atoms with Gasteiger partial charge in [0.15, 0.2) is 12.1 Å². The number of nitrogens with one attached hydrogen (secondary N) is 1. The normalized spacial score (nSPS) is 29.4. The zero-order chi connectivity index (χ0) is 35.4. The SMILES string of the molecule is CCCCCC1(CCCCC)OC2C=C(C(=O)NCCO)CC(OC(=O)c3cccc(C=CCOC4OC(CO)C(O)C(O)C4O)c3)C2O1. The van der Waals surface area contributed by atoms with Gasteiger partial charge >= 0.3 is 5.97 Å². The Morgan fingerprint density at radius 3 is 2.41 bits per heavy atom. The van der Waals surface area contributed by atoms with Crippen molar-refractivity contribution in [3.63, 3.8) is 0 Å². The number of carbonyl (C=O) groups is 2. The molecule has 13 nitrogen and oxygen atoms in total. The van der Waals surface area contributed by atoms with Crippen LogP contribution >= 0.6 is 0 Å². The van der Waals surface area contributed by atoms with E-state index in [0.29, 0.717) is 24.0 Å². The van der Waals surface area contributed by atoms with E-state index in [1.807, 2.05) is 0 Å². The molecule has 8 atom stereocenters. The molecular formula is C36H53NO12. The smallest absolute Gasteiger partial charge is 0.338 e. The molecule has 2 saturated heterocycles. The first-order chi connectivity index (χ1) is 23.6. The maximum atomic E-state index is 13.5. The van der Waals surface area contributed by atoms with E-state index in [1.54, 1.807) is 42.5 Å². The van der Waals surface area contributed by atoms with Crippen molar-refractivity contribution >= 4 is 18.0 Å². The molecule has 3 aliphatic rings. The Balaban J connectivity index is 1.45. The van der Waals surface area contributed by atoms with Crippen LogP contribution in [0.3, 0.4) is 0 Å². The number of aliphatic hydroxyl groups is 5. The number of hydrogen-bond acceptors (Lipinski definition) is 12. The summed E-state index contributed by atoms with van der Waals surface area (Å²) in [4.78, 5) is 26.5. The zero-order valence-corrected chi connectivity index (χ0v) is 28.4. The number of amides is 1. The number of hydrogen-bond donors (Lipinski definition) is 6. The lowest BCUT2D eigenvalue weighted by molar-refractivity contribution is -0.298. The van der Waals surface area contributed by atoms with Gasteiger partial charge in [0.05, 0.1) is 25.4 Å². The van der Waals surface area contributed by atoms with Gasteiger partial charge in [-0.3, -0.25) is 4.79 Å². The number of unbranched alkanes of at least 4 members (excludes halogenated alkanes) is 4. The number of rotatable bonds is 18. The molecule has 2 fully saturated rings. The lowest BCUT2D eigenvalue weighted by atomic mass is 9.91. The number of fused-ring (bicyclic) bond motifs is 1. The Bertz CT molecular complexity index is 1260. The van der Waals surface area contributed by atoms with Crippen molar-refractivity contribution in [1.29, 1.82) is 0 Å². The Morgan fingerprint density at radius 2 is 1.73 bits per heavy atom. The fourth-order valence-corrected chi connectivity index (χ4v) is 6.40. The molecule has 0 spiro atoms. The molecule has 8 unspecified atom stereocenters. The van der Waals surface area contributed by atoms with Crippen LogP contribution in [-0.4, -0.2) is 119 Å². The van der Waals surface area contributed by atoms with E-state index in [0.717, 1.165) is 38.5 Å². The number of esters is 1. The average molecular weight is 692 g/mol. The van der Waals surface area contributed by atoms with Gasteiger partial charge in [-0.15, -0.1) is 0 Å². The van der Waals surface area contributed by atoms with E-state index in [2.05, 4.69) is 19.2 Å². The highest BCUT2D eigenvalue weighted by molar-refractivity contribution is 5.94. The molecule has 0 bridgehead atoms. The van der Waals surface area contributed by atoms with Crippen LogP contribution in [0, 0.1) is 0 Å². The first-order valence-electron chi connectivity index (χ1n) is 17.5. The number of benzene rings is 1. The molecule has 1 amide bonds. The summed E-state index contributed by atoms with van der Waals surface area (Å²) in [5.74, 6) is -1.78. The fraction of sp³-hybridized carbons (Fsp3) is 0.667. The molecule has 2 aliphatic heterocycles. The molecule has 2 heterocycles. The highest BCUT2D eigenvalue weighted by Gasteiger charge is 2.52. The topological polar surface area (TPSA) is 193 Å². The minimum atomic E-state index is -1.54. The van der Waals surface area contributed by atoms with Crippen molar-refractivity contribution in [2.45, 2.75) is 126 Å². The summed E-state index contributed by atoms with van der Waals surface area (Å²) in [6.07, 6.45) is 3.80. The monoisotopic (exact) mass is 691 g/mol. The summed E-state index contributed by atoms with van der Waals surface area (Å²) >= 11 is 0. The van der Waals surface area contributed by atoms with Gasteiger partial charge in [-0.1, -0.05) is 63.8 Å². The molecule has 1 aliphatic carbocycles. The molecule has 0 radical (unpaired) electrons. The van der Waals surface area contributed by atoms with Gasteiger partial charge in [0.2, 0.25) is 5.91 Å². The number of ether oxygens (including phenoxy) is 5. The van der Waals surface area contributed by atoms with Crippen LogP contribution in [0.2, 0.25) is 0 Å². The maximum Gasteiger partial charge on any atom is 0.338 e. The number of aliphatic hydroxyl groups excluding tert-OH is 5. The van der Waals surface area contributed by atoms with Gasteiger partial charge in [0.1, 0.15) is 42.7 Å². The van der Waals surface area contributed by atoms with Gasteiger partial charge in [0.25, 0.3) is 0 Å². The van der Waals surface area contributed by atoms with E-state index in [9.17, 15) is 35.1 Å². The molecule has 0 aromatic heterocycles. The summed E-state index contributed by atoms with van der Waals surface area (Å²) in [6, 6.07) is 6.75. The first kappa shape index (κ1) is 39.1. The second kappa shape index (κ2) is 19.0. The Hall–Kier alpha value is -2.72. The van der Waals surface area contributed by atoms with Crippen LogP contribution in [0.5, 0.6) is 0 Å². The molecule has 1 aromatic carbocycles. The molecule has 4 rings (SSSR count). The minimum Gasteiger partial charge on any atom is -0.456 e. The van der Waals surface area contributed by atoms with Crippen LogP contribution in [0.25, 0.3) is 6.08 Å². The van der Waals surface area contributed by atoms with Crippen molar-refractivity contribution in [2.24, 2.45) is 0 Å². The summed E-state index contributed by atoms with van der Waals surface area (Å²) in [5, 5.41) is 51.4. The molecular weight excluding hydrogens is 638 g/mol. The fourth-order valence-electron chi connectivity index (χ4n) is 6.40. The Kier molecular flexibility index (Phi) is 15.2. The number of carbonyl (C=O) groups excluding carboxylic acids is 2. The van der Waals surface area contributed by atoms with Crippen LogP contribution in [-0.2, 0) is 28.5 Å². The second-order valence-corrected chi connectivity index (χ2v) is 12.9. The van der Waals surface area contributed by atoms with Crippen molar-refractivity contribution in [1.82, 2.24) is 5.32 Å². The van der Waals surface area contributed by atoms with Crippen molar-refractivity contribution in [2.75, 3.05) is 26.4 Å². The predicted octanol–water partition coefficient (Wildman–Crippen LogP) is 2.12. The van der Waals surface area contributed by atoms with E-state index >= 15 is 0 Å². The van der Waals surface area contributed by atoms with E-state index in [4.69, 9.17) is 23.7 Å². The van der Waals surface area contributed by atoms with Gasteiger partial charge in [-0.25, -0.2) is 4.79 Å². The second-order valence-electron chi connectivity index (χ2n) is 12.9. The van der Waals surface area contributed by atoms with E-state index in [-0.39, 0.29) is 37.6 Å². The van der Waals surface area contributed by atoms with Crippen molar-refractivity contribution in [3.8, 4) is 0 Å². The highest BCUT2D eigenvalue weighted by atomic mass is 16.8. The molecule has 13 heteroatoms. The first-order valence-corrected chi connectivity index (χ1v) is 17.5. The predicted molar refractivity (Wildman–Crippen MR) is 178 cm³/mol. The standard InChI is InChI=1S/C36H53NO12/c1-3-5-7-14-36(15-8-6-4-2)48-27-21-25(33(43)37-16-17-38)20-26(32(27)49-36)46-34(44)24-13-9-11-23(19-24)12-10-18-45-35-31(42)30(41)29(40)28(22-39)47-35/h9-13,19,21,26-32,35,38-42H,3-8,14-18,20,22H2,1-2H3,(H,37,43). The van der Waals surface area contributed by atoms with Crippen molar-refractivity contribution < 1.29 is 58.8 Å². The van der Waals surface area contributed by atoms with Crippen LogP contribution in [0.1, 0.15) is 87.6 Å². The van der Waals surface area contributed by atoms with Gasteiger partial charge < -0.3 is 54.5 Å². The average Bonchev–Trinajstić information content (AvgIpc) is 3.48. The molecule has 49 heavy (non-hydrogen) atoms. The Labute approximate surface area is 287 Å². The van der Waals surface area contributed by atoms with Gasteiger partial charge in [-0.05, 0) is 36.6 Å². The van der Waals surface area contributed by atoms with Crippen LogP contribution < -0.4 is 5.32 Å². The van der Waals surface area contributed by atoms with Crippen molar-refractivity contribution in [3.05, 3.63) is 53.1 Å². The molecule has 0 saturated carbocycles. The zero-order valence-electron chi connectivity index (χ0n) is 28.4. The van der Waals surface area contributed by atoms with Gasteiger partial charge in [0, 0.05) is 31.4 Å². The van der Waals surface area contributed by atoms with E-state index < -0.39 is 67.4 Å². The molecule has 1 aromatic rings.